The molecule has 0 unspecified atom stereocenters. The minimum Gasteiger partial charge on any atom is -0.748 e. The monoisotopic (exact) mass is 544 g/mol. The highest BCUT2D eigenvalue weighted by atomic mass is 32.2. The zero-order valence-corrected chi connectivity index (χ0v) is 25.4. The Kier molecular flexibility index (Phi) is 23.5. The molecule has 0 spiro atoms. The van der Waals surface area contributed by atoms with Gasteiger partial charge in [-0.3, -0.25) is 4.79 Å². The molecule has 0 fully saturated rings. The van der Waals surface area contributed by atoms with Crippen molar-refractivity contribution in [3.8, 4) is 0 Å². The van der Waals surface area contributed by atoms with Crippen LogP contribution in [0.5, 0.6) is 0 Å². The fraction of sp³-hybridized carbons (Fsp3) is 0.900. The predicted molar refractivity (Wildman–Crippen MR) is 157 cm³/mol. The fourth-order valence-corrected chi connectivity index (χ4v) is 5.15. The average molecular weight is 545 g/mol. The largest absolute Gasteiger partial charge is 0.748 e. The maximum atomic E-state index is 12.0. The maximum absolute atomic E-state index is 12.0. The third-order valence-electron chi connectivity index (χ3n) is 7.09. The Balaban J connectivity index is 3.40. The Labute approximate surface area is 230 Å². The van der Waals surface area contributed by atoms with Gasteiger partial charge in [0.1, 0.15) is 0 Å². The molecule has 220 valence electrons. The van der Waals surface area contributed by atoms with Crippen LogP contribution in [-0.2, 0) is 14.9 Å². The second-order valence-electron chi connectivity index (χ2n) is 11.5. The van der Waals surface area contributed by atoms with Gasteiger partial charge in [-0.1, -0.05) is 96.1 Å². The summed E-state index contributed by atoms with van der Waals surface area (Å²) in [6.45, 7) is 4.41. The van der Waals surface area contributed by atoms with Gasteiger partial charge in [-0.25, -0.2) is 8.42 Å². The minimum atomic E-state index is -4.13. The number of nitrogens with zero attached hydrogens (tertiary/aromatic N) is 1. The molecular weight excluding hydrogens is 484 g/mol. The fourth-order valence-electron chi connectivity index (χ4n) is 4.67. The highest BCUT2D eigenvalue weighted by Crippen LogP contribution is 2.12. The second-order valence-corrected chi connectivity index (χ2v) is 13.0. The summed E-state index contributed by atoms with van der Waals surface area (Å²) >= 11 is 0. The second kappa shape index (κ2) is 24.1. The van der Waals surface area contributed by atoms with E-state index in [9.17, 15) is 17.8 Å². The summed E-state index contributed by atoms with van der Waals surface area (Å²) in [4.78, 5) is 12.0. The number of carbonyl (C=O) groups excluding carboxylic acids is 1. The number of amides is 1. The number of unbranched alkanes of at least 4 members (excludes halogenated alkanes) is 15. The summed E-state index contributed by atoms with van der Waals surface area (Å²) in [6, 6.07) is 0. The summed E-state index contributed by atoms with van der Waals surface area (Å²) < 4.78 is 32.8. The predicted octanol–water partition coefficient (Wildman–Crippen LogP) is 7.10. The van der Waals surface area contributed by atoms with Crippen LogP contribution in [-0.4, -0.2) is 62.8 Å². The van der Waals surface area contributed by atoms with Crippen LogP contribution in [0.15, 0.2) is 12.2 Å². The van der Waals surface area contributed by atoms with Crippen molar-refractivity contribution >= 4 is 16.0 Å². The normalized spacial score (nSPS) is 12.4. The third kappa shape index (κ3) is 29.5. The lowest BCUT2D eigenvalue weighted by molar-refractivity contribution is -0.890. The summed E-state index contributed by atoms with van der Waals surface area (Å²) in [5, 5.41) is 2.99. The SMILES string of the molecule is CCCCCCCC/C=C\CCCCCCCCCCCC(=O)NCCC[N+](C)(C)CCCS(=O)(=O)[O-]. The molecule has 0 bridgehead atoms. The Morgan fingerprint density at radius 1 is 0.703 bits per heavy atom. The lowest BCUT2D eigenvalue weighted by atomic mass is 10.1. The molecule has 0 saturated carbocycles. The van der Waals surface area contributed by atoms with Gasteiger partial charge in [0.15, 0.2) is 0 Å². The molecule has 1 N–H and O–H groups in total. The molecule has 0 aliphatic carbocycles. The molecular formula is C30H60N2O4S. The van der Waals surface area contributed by atoms with Gasteiger partial charge in [-0.2, -0.15) is 0 Å². The first-order chi connectivity index (χ1) is 17.7. The van der Waals surface area contributed by atoms with Gasteiger partial charge < -0.3 is 14.4 Å². The number of quaternary nitrogens is 1. The average Bonchev–Trinajstić information content (AvgIpc) is 2.82. The number of rotatable bonds is 27. The van der Waals surface area contributed by atoms with Gasteiger partial charge in [-0.15, -0.1) is 0 Å². The van der Waals surface area contributed by atoms with E-state index in [1.165, 1.54) is 96.3 Å². The van der Waals surface area contributed by atoms with Gasteiger partial charge in [0.2, 0.25) is 5.91 Å². The van der Waals surface area contributed by atoms with Crippen molar-refractivity contribution in [2.75, 3.05) is 39.5 Å². The number of hydrogen-bond donors (Lipinski definition) is 1. The Morgan fingerprint density at radius 2 is 1.16 bits per heavy atom. The number of nitrogens with one attached hydrogen (secondary N) is 1. The zero-order chi connectivity index (χ0) is 27.7. The van der Waals surface area contributed by atoms with E-state index in [-0.39, 0.29) is 11.7 Å². The molecule has 0 aromatic heterocycles. The van der Waals surface area contributed by atoms with Crippen molar-refractivity contribution in [2.24, 2.45) is 0 Å². The molecule has 0 aliphatic heterocycles. The molecule has 0 aliphatic rings. The van der Waals surface area contributed by atoms with E-state index < -0.39 is 10.1 Å². The molecule has 1 amide bonds. The van der Waals surface area contributed by atoms with Crippen LogP contribution in [0.3, 0.4) is 0 Å². The quantitative estimate of drug-likeness (QED) is 0.0517. The van der Waals surface area contributed by atoms with Crippen LogP contribution < -0.4 is 5.32 Å². The molecule has 6 nitrogen and oxygen atoms in total. The first-order valence-corrected chi connectivity index (χ1v) is 16.9. The van der Waals surface area contributed by atoms with Gasteiger partial charge >= 0.3 is 0 Å². The molecule has 0 saturated heterocycles. The highest BCUT2D eigenvalue weighted by molar-refractivity contribution is 7.85. The lowest BCUT2D eigenvalue weighted by Gasteiger charge is -2.30. The van der Waals surface area contributed by atoms with Crippen molar-refractivity contribution in [1.82, 2.24) is 5.32 Å². The van der Waals surface area contributed by atoms with E-state index in [0.29, 0.717) is 30.4 Å². The van der Waals surface area contributed by atoms with Gasteiger partial charge in [-0.05, 0) is 32.1 Å². The van der Waals surface area contributed by atoms with E-state index in [2.05, 4.69) is 24.4 Å². The number of allylic oxidation sites excluding steroid dienone is 2. The van der Waals surface area contributed by atoms with Gasteiger partial charge in [0.05, 0.1) is 37.3 Å². The third-order valence-corrected chi connectivity index (χ3v) is 7.87. The highest BCUT2D eigenvalue weighted by Gasteiger charge is 2.15. The topological polar surface area (TPSA) is 86.3 Å². The van der Waals surface area contributed by atoms with Crippen molar-refractivity contribution in [1.29, 1.82) is 0 Å². The van der Waals surface area contributed by atoms with Crippen LogP contribution in [0.2, 0.25) is 0 Å². The number of carbonyl (C=O) groups is 1. The summed E-state index contributed by atoms with van der Waals surface area (Å²) in [5.41, 5.74) is 0. The van der Waals surface area contributed by atoms with Crippen molar-refractivity contribution < 1.29 is 22.2 Å². The minimum absolute atomic E-state index is 0.128. The summed E-state index contributed by atoms with van der Waals surface area (Å²) in [7, 11) is -0.0843. The molecule has 0 heterocycles. The van der Waals surface area contributed by atoms with Crippen LogP contribution >= 0.6 is 0 Å². The smallest absolute Gasteiger partial charge is 0.219 e. The molecule has 0 radical (unpaired) electrons. The van der Waals surface area contributed by atoms with E-state index >= 15 is 0 Å². The van der Waals surface area contributed by atoms with E-state index in [1.54, 1.807) is 0 Å². The van der Waals surface area contributed by atoms with Crippen molar-refractivity contribution in [3.05, 3.63) is 12.2 Å². The molecule has 0 atom stereocenters. The molecule has 0 rings (SSSR count). The van der Waals surface area contributed by atoms with Crippen LogP contribution in [0.4, 0.5) is 0 Å². The summed E-state index contributed by atoms with van der Waals surface area (Å²) in [6.07, 6.45) is 28.6. The van der Waals surface area contributed by atoms with E-state index in [1.807, 2.05) is 14.1 Å². The summed E-state index contributed by atoms with van der Waals surface area (Å²) in [5.74, 6) is -0.174. The first kappa shape index (κ1) is 36.1. The lowest BCUT2D eigenvalue weighted by Crippen LogP contribution is -2.43. The first-order valence-electron chi connectivity index (χ1n) is 15.3. The van der Waals surface area contributed by atoms with Gasteiger partial charge in [0.25, 0.3) is 0 Å². The van der Waals surface area contributed by atoms with Crippen LogP contribution in [0, 0.1) is 0 Å². The maximum Gasteiger partial charge on any atom is 0.219 e. The standard InChI is InChI=1S/C30H60N2O4S/c1-4-5-6-7-8-9-10-11-12-13-14-15-16-17-18-19-20-21-22-25-30(33)31-26-23-27-32(2,3)28-24-29-37(34,35)36/h11-12H,4-10,13-29H2,1-3H3,(H-,31,33,34,35,36)/b12-11-. The van der Waals surface area contributed by atoms with Crippen molar-refractivity contribution in [2.45, 2.75) is 135 Å². The van der Waals surface area contributed by atoms with Crippen molar-refractivity contribution in [3.63, 3.8) is 0 Å². The Morgan fingerprint density at radius 3 is 1.68 bits per heavy atom. The Hall–Kier alpha value is -0.920. The van der Waals surface area contributed by atoms with E-state index in [4.69, 9.17) is 0 Å². The van der Waals surface area contributed by atoms with Crippen LogP contribution in [0.1, 0.15) is 135 Å². The van der Waals surface area contributed by atoms with Gasteiger partial charge in [0, 0.05) is 31.6 Å². The molecule has 7 heteroatoms. The number of hydrogen-bond acceptors (Lipinski definition) is 4. The Bertz CT molecular complexity index is 662. The molecule has 0 aromatic rings. The zero-order valence-electron chi connectivity index (χ0n) is 24.6. The molecule has 0 aromatic carbocycles. The molecule has 37 heavy (non-hydrogen) atoms. The van der Waals surface area contributed by atoms with Crippen LogP contribution in [0.25, 0.3) is 0 Å². The van der Waals surface area contributed by atoms with E-state index in [0.717, 1.165) is 25.8 Å².